The van der Waals surface area contributed by atoms with Gasteiger partial charge in [-0.25, -0.2) is 0 Å². The van der Waals surface area contributed by atoms with Crippen molar-refractivity contribution in [2.75, 3.05) is 13.1 Å². The van der Waals surface area contributed by atoms with Gasteiger partial charge in [-0.1, -0.05) is 42.0 Å². The molecule has 1 fully saturated rings. The number of nitrogens with one attached hydrogen (secondary N) is 1. The van der Waals surface area contributed by atoms with Gasteiger partial charge in [-0.2, -0.15) is 10.4 Å². The standard InChI is InChI=1S/C23H22N4O/c1-16-5-4-7-18(13-16)21-15-25-26-22(21)17-9-11-27(12-10-17)23(28)20-8-3-2-6-19(20)14-24/h2-8,13,15,17H,9-12H2,1H3,(H,25,26). The van der Waals surface area contributed by atoms with Crippen LogP contribution in [0.5, 0.6) is 0 Å². The van der Waals surface area contributed by atoms with Crippen LogP contribution in [0.15, 0.2) is 54.7 Å². The molecule has 0 spiro atoms. The Labute approximate surface area is 164 Å². The van der Waals surface area contributed by atoms with Gasteiger partial charge in [0.05, 0.1) is 23.4 Å². The zero-order valence-electron chi connectivity index (χ0n) is 15.9. The minimum Gasteiger partial charge on any atom is -0.339 e. The lowest BCUT2D eigenvalue weighted by atomic mass is 9.89. The minimum absolute atomic E-state index is 0.0564. The van der Waals surface area contributed by atoms with E-state index in [0.717, 1.165) is 24.1 Å². The summed E-state index contributed by atoms with van der Waals surface area (Å²) in [5.74, 6) is 0.285. The van der Waals surface area contributed by atoms with Crippen LogP contribution in [0.2, 0.25) is 0 Å². The Hall–Kier alpha value is -3.39. The molecule has 1 amide bonds. The summed E-state index contributed by atoms with van der Waals surface area (Å²) < 4.78 is 0. The highest BCUT2D eigenvalue weighted by atomic mass is 16.2. The SMILES string of the molecule is Cc1cccc(-c2cn[nH]c2C2CCN(C(=O)c3ccccc3C#N)CC2)c1. The van der Waals surface area contributed by atoms with Gasteiger partial charge in [0.1, 0.15) is 0 Å². The molecule has 0 unspecified atom stereocenters. The van der Waals surface area contributed by atoms with Crippen LogP contribution in [-0.2, 0) is 0 Å². The third-order valence-corrected chi connectivity index (χ3v) is 5.47. The molecule has 140 valence electrons. The zero-order chi connectivity index (χ0) is 19.5. The first kappa shape index (κ1) is 18.0. The van der Waals surface area contributed by atoms with Crippen molar-refractivity contribution in [3.63, 3.8) is 0 Å². The fraction of sp³-hybridized carbons (Fsp3) is 0.261. The van der Waals surface area contributed by atoms with Gasteiger partial charge in [0.15, 0.2) is 0 Å². The van der Waals surface area contributed by atoms with E-state index in [-0.39, 0.29) is 5.91 Å². The number of piperidine rings is 1. The average Bonchev–Trinajstić information content (AvgIpc) is 3.23. The quantitative estimate of drug-likeness (QED) is 0.748. The highest BCUT2D eigenvalue weighted by Gasteiger charge is 2.28. The fourth-order valence-corrected chi connectivity index (χ4v) is 3.96. The van der Waals surface area contributed by atoms with E-state index in [1.165, 1.54) is 11.1 Å². The number of nitrogens with zero attached hydrogens (tertiary/aromatic N) is 3. The highest BCUT2D eigenvalue weighted by molar-refractivity contribution is 5.96. The molecular weight excluding hydrogens is 348 g/mol. The van der Waals surface area contributed by atoms with Gasteiger partial charge in [-0.3, -0.25) is 9.89 Å². The summed E-state index contributed by atoms with van der Waals surface area (Å²) >= 11 is 0. The van der Waals surface area contributed by atoms with Crippen molar-refractivity contribution in [2.45, 2.75) is 25.7 Å². The second kappa shape index (κ2) is 7.69. The predicted octanol–water partition coefficient (Wildman–Crippen LogP) is 4.28. The third-order valence-electron chi connectivity index (χ3n) is 5.47. The minimum atomic E-state index is -0.0564. The number of carbonyl (C=O) groups excluding carboxylic acids is 1. The van der Waals surface area contributed by atoms with Crippen molar-refractivity contribution in [1.82, 2.24) is 15.1 Å². The largest absolute Gasteiger partial charge is 0.339 e. The number of likely N-dealkylation sites (tertiary alicyclic amines) is 1. The second-order valence-corrected chi connectivity index (χ2v) is 7.29. The predicted molar refractivity (Wildman–Crippen MR) is 108 cm³/mol. The molecule has 3 aromatic rings. The molecular formula is C23H22N4O. The van der Waals surface area contributed by atoms with E-state index in [9.17, 15) is 10.1 Å². The van der Waals surface area contributed by atoms with E-state index in [1.54, 1.807) is 24.3 Å². The molecule has 4 rings (SSSR count). The number of hydrogen-bond donors (Lipinski definition) is 1. The summed E-state index contributed by atoms with van der Waals surface area (Å²) in [6.45, 7) is 3.44. The third kappa shape index (κ3) is 3.41. The van der Waals surface area contributed by atoms with E-state index >= 15 is 0 Å². The molecule has 28 heavy (non-hydrogen) atoms. The van der Waals surface area contributed by atoms with Crippen molar-refractivity contribution < 1.29 is 4.79 Å². The molecule has 1 N–H and O–H groups in total. The number of amides is 1. The first-order chi connectivity index (χ1) is 13.7. The Morgan fingerprint density at radius 1 is 1.18 bits per heavy atom. The molecule has 2 heterocycles. The van der Waals surface area contributed by atoms with E-state index < -0.39 is 0 Å². The summed E-state index contributed by atoms with van der Waals surface area (Å²) in [4.78, 5) is 14.7. The van der Waals surface area contributed by atoms with Crippen LogP contribution in [-0.4, -0.2) is 34.1 Å². The number of rotatable bonds is 3. The van der Waals surface area contributed by atoms with Crippen molar-refractivity contribution in [3.05, 3.63) is 77.1 Å². The number of hydrogen-bond acceptors (Lipinski definition) is 3. The number of nitriles is 1. The number of aromatic nitrogens is 2. The van der Waals surface area contributed by atoms with Gasteiger partial charge in [0, 0.05) is 30.3 Å². The van der Waals surface area contributed by atoms with Crippen molar-refractivity contribution in [3.8, 4) is 17.2 Å². The Morgan fingerprint density at radius 2 is 1.96 bits per heavy atom. The molecule has 5 nitrogen and oxygen atoms in total. The van der Waals surface area contributed by atoms with Crippen LogP contribution >= 0.6 is 0 Å². The first-order valence-corrected chi connectivity index (χ1v) is 9.56. The molecule has 2 aromatic carbocycles. The number of aryl methyl sites for hydroxylation is 1. The lowest BCUT2D eigenvalue weighted by Gasteiger charge is -2.32. The Bertz CT molecular complexity index is 1040. The van der Waals surface area contributed by atoms with Crippen molar-refractivity contribution in [1.29, 1.82) is 5.26 Å². The van der Waals surface area contributed by atoms with Gasteiger partial charge in [-0.05, 0) is 37.5 Å². The maximum absolute atomic E-state index is 12.9. The van der Waals surface area contributed by atoms with Gasteiger partial charge >= 0.3 is 0 Å². The second-order valence-electron chi connectivity index (χ2n) is 7.29. The first-order valence-electron chi connectivity index (χ1n) is 9.56. The molecule has 0 aliphatic carbocycles. The molecule has 1 aromatic heterocycles. The van der Waals surface area contributed by atoms with Crippen LogP contribution in [0.4, 0.5) is 0 Å². The number of benzene rings is 2. The molecule has 0 atom stereocenters. The lowest BCUT2D eigenvalue weighted by molar-refractivity contribution is 0.0712. The maximum Gasteiger partial charge on any atom is 0.255 e. The van der Waals surface area contributed by atoms with E-state index in [0.29, 0.717) is 30.1 Å². The van der Waals surface area contributed by atoms with Gasteiger partial charge < -0.3 is 4.90 Å². The van der Waals surface area contributed by atoms with Gasteiger partial charge in [0.2, 0.25) is 0 Å². The average molecular weight is 370 g/mol. The van der Waals surface area contributed by atoms with Crippen molar-refractivity contribution >= 4 is 5.91 Å². The Morgan fingerprint density at radius 3 is 2.71 bits per heavy atom. The molecule has 1 aliphatic heterocycles. The van der Waals surface area contributed by atoms with Crippen LogP contribution in [0.1, 0.15) is 45.9 Å². The molecule has 0 radical (unpaired) electrons. The van der Waals surface area contributed by atoms with E-state index in [2.05, 4.69) is 47.5 Å². The number of aromatic amines is 1. The summed E-state index contributed by atoms with van der Waals surface area (Å²) in [7, 11) is 0. The summed E-state index contributed by atoms with van der Waals surface area (Å²) in [5.41, 5.74) is 5.61. The maximum atomic E-state index is 12.9. The molecule has 1 aliphatic rings. The molecule has 0 bridgehead atoms. The molecule has 1 saturated heterocycles. The van der Waals surface area contributed by atoms with Gasteiger partial charge in [-0.15, -0.1) is 0 Å². The molecule has 0 saturated carbocycles. The summed E-state index contributed by atoms with van der Waals surface area (Å²) in [6.07, 6.45) is 3.65. The highest BCUT2D eigenvalue weighted by Crippen LogP contribution is 2.34. The molecule has 5 heteroatoms. The number of carbonyl (C=O) groups is 1. The normalized spacial score (nSPS) is 14.6. The monoisotopic (exact) mass is 370 g/mol. The van der Waals surface area contributed by atoms with Crippen molar-refractivity contribution in [2.24, 2.45) is 0 Å². The lowest BCUT2D eigenvalue weighted by Crippen LogP contribution is -2.38. The van der Waals surface area contributed by atoms with Crippen LogP contribution in [0.25, 0.3) is 11.1 Å². The topological polar surface area (TPSA) is 72.8 Å². The summed E-state index contributed by atoms with van der Waals surface area (Å²) in [5, 5.41) is 16.7. The van der Waals surface area contributed by atoms with E-state index in [1.807, 2.05) is 11.1 Å². The van der Waals surface area contributed by atoms with Gasteiger partial charge in [0.25, 0.3) is 5.91 Å². The van der Waals surface area contributed by atoms with Crippen LogP contribution < -0.4 is 0 Å². The Kier molecular flexibility index (Phi) is 4.94. The number of H-pyrrole nitrogens is 1. The van der Waals surface area contributed by atoms with Crippen LogP contribution in [0.3, 0.4) is 0 Å². The Balaban J connectivity index is 1.49. The zero-order valence-corrected chi connectivity index (χ0v) is 15.9. The smallest absolute Gasteiger partial charge is 0.255 e. The summed E-state index contributed by atoms with van der Waals surface area (Å²) in [6, 6.07) is 17.6. The van der Waals surface area contributed by atoms with E-state index in [4.69, 9.17) is 0 Å². The van der Waals surface area contributed by atoms with Crippen LogP contribution in [0, 0.1) is 18.3 Å². The fourth-order valence-electron chi connectivity index (χ4n) is 3.96.